The Labute approximate surface area is 202 Å². The number of carbonyl (C=O) groups excluding carboxylic acids is 2. The molecule has 3 heterocycles. The van der Waals surface area contributed by atoms with Crippen molar-refractivity contribution in [1.29, 1.82) is 0 Å². The van der Waals surface area contributed by atoms with Crippen LogP contribution in [0.5, 0.6) is 11.5 Å². The van der Waals surface area contributed by atoms with Crippen molar-refractivity contribution in [1.82, 2.24) is 10.2 Å². The number of nitrogens with zero attached hydrogens (tertiary/aromatic N) is 1. The molecular formula is C26H28N2O5S. The lowest BCUT2D eigenvalue weighted by molar-refractivity contribution is -0.142. The van der Waals surface area contributed by atoms with Crippen LogP contribution in [0.3, 0.4) is 0 Å². The summed E-state index contributed by atoms with van der Waals surface area (Å²) in [5.74, 6) is 2.14. The van der Waals surface area contributed by atoms with Crippen molar-refractivity contribution >= 4 is 23.2 Å². The number of hydrogen-bond acceptors (Lipinski definition) is 6. The van der Waals surface area contributed by atoms with Crippen molar-refractivity contribution in [2.45, 2.75) is 57.7 Å². The van der Waals surface area contributed by atoms with E-state index in [1.165, 1.54) is 11.3 Å². The molecule has 178 valence electrons. The van der Waals surface area contributed by atoms with Gasteiger partial charge in [0.2, 0.25) is 12.7 Å². The topological polar surface area (TPSA) is 81.0 Å². The van der Waals surface area contributed by atoms with Crippen molar-refractivity contribution < 1.29 is 23.5 Å². The fraction of sp³-hybridized carbons (Fsp3) is 0.385. The number of rotatable bonds is 8. The predicted octanol–water partition coefficient (Wildman–Crippen LogP) is 4.75. The Morgan fingerprint density at radius 3 is 2.68 bits per heavy atom. The van der Waals surface area contributed by atoms with Gasteiger partial charge < -0.3 is 24.1 Å². The first-order chi connectivity index (χ1) is 16.6. The number of aryl methyl sites for hydroxylation is 1. The first-order valence-electron chi connectivity index (χ1n) is 11.6. The summed E-state index contributed by atoms with van der Waals surface area (Å²) in [7, 11) is 0. The summed E-state index contributed by atoms with van der Waals surface area (Å²) in [5.41, 5.74) is 0.853. The van der Waals surface area contributed by atoms with E-state index in [-0.39, 0.29) is 37.6 Å². The number of amides is 2. The van der Waals surface area contributed by atoms with Crippen LogP contribution in [-0.4, -0.2) is 29.5 Å². The maximum atomic E-state index is 13.7. The molecule has 1 atom stereocenters. The Bertz CT molecular complexity index is 1150. The molecule has 7 nitrogen and oxygen atoms in total. The quantitative estimate of drug-likeness (QED) is 0.503. The molecule has 1 unspecified atom stereocenters. The van der Waals surface area contributed by atoms with Gasteiger partial charge in [0.05, 0.1) is 6.42 Å². The first kappa shape index (κ1) is 22.5. The number of ether oxygens (including phenoxy) is 2. The summed E-state index contributed by atoms with van der Waals surface area (Å²) >= 11 is 1.53. The van der Waals surface area contributed by atoms with Crippen LogP contribution in [0.15, 0.2) is 52.3 Å². The molecule has 2 aliphatic rings. The van der Waals surface area contributed by atoms with Gasteiger partial charge in [-0.25, -0.2) is 0 Å². The third kappa shape index (κ3) is 4.97. The summed E-state index contributed by atoms with van der Waals surface area (Å²) in [6, 6.07) is 12.3. The number of nitrogens with one attached hydrogen (secondary N) is 1. The van der Waals surface area contributed by atoms with Gasteiger partial charge in [-0.1, -0.05) is 25.0 Å². The number of hydrogen-bond donors (Lipinski definition) is 1. The zero-order valence-corrected chi connectivity index (χ0v) is 19.9. The van der Waals surface area contributed by atoms with E-state index in [1.54, 1.807) is 11.0 Å². The number of benzene rings is 1. The highest BCUT2D eigenvalue weighted by atomic mass is 32.1. The first-order valence-corrected chi connectivity index (χ1v) is 12.5. The molecule has 1 aliphatic carbocycles. The lowest BCUT2D eigenvalue weighted by Gasteiger charge is -2.31. The molecule has 0 spiro atoms. The molecule has 5 rings (SSSR count). The number of furan rings is 1. The minimum atomic E-state index is -0.868. The molecule has 34 heavy (non-hydrogen) atoms. The van der Waals surface area contributed by atoms with Gasteiger partial charge in [-0.05, 0) is 61.0 Å². The van der Waals surface area contributed by atoms with E-state index in [0.717, 1.165) is 36.1 Å². The maximum absolute atomic E-state index is 13.7. The third-order valence-electron chi connectivity index (χ3n) is 6.31. The van der Waals surface area contributed by atoms with Gasteiger partial charge in [0, 0.05) is 17.5 Å². The summed E-state index contributed by atoms with van der Waals surface area (Å²) in [4.78, 5) is 29.9. The van der Waals surface area contributed by atoms with E-state index < -0.39 is 6.04 Å². The smallest absolute Gasteiger partial charge is 0.250 e. The molecule has 1 fully saturated rings. The monoisotopic (exact) mass is 480 g/mol. The van der Waals surface area contributed by atoms with Crippen LogP contribution in [-0.2, 0) is 22.6 Å². The van der Waals surface area contributed by atoms with Crippen LogP contribution in [0.4, 0.5) is 0 Å². The molecule has 0 radical (unpaired) electrons. The Balaban J connectivity index is 1.48. The van der Waals surface area contributed by atoms with E-state index >= 15 is 0 Å². The van der Waals surface area contributed by atoms with Gasteiger partial charge in [-0.3, -0.25) is 9.59 Å². The van der Waals surface area contributed by atoms with E-state index in [2.05, 4.69) is 5.32 Å². The number of fused-ring (bicyclic) bond motifs is 1. The van der Waals surface area contributed by atoms with Crippen LogP contribution in [0.1, 0.15) is 53.7 Å². The second kappa shape index (κ2) is 9.93. The van der Waals surface area contributed by atoms with Crippen molar-refractivity contribution in [3.05, 3.63) is 69.8 Å². The highest BCUT2D eigenvalue weighted by Gasteiger charge is 2.35. The van der Waals surface area contributed by atoms with Crippen LogP contribution >= 0.6 is 11.3 Å². The van der Waals surface area contributed by atoms with Crippen molar-refractivity contribution in [3.8, 4) is 11.5 Å². The molecule has 0 saturated heterocycles. The fourth-order valence-corrected chi connectivity index (χ4v) is 5.29. The zero-order chi connectivity index (χ0) is 23.5. The minimum Gasteiger partial charge on any atom is -0.464 e. The number of thiophene rings is 1. The average molecular weight is 481 g/mol. The minimum absolute atomic E-state index is 0.130. The van der Waals surface area contributed by atoms with E-state index in [0.29, 0.717) is 23.0 Å². The Morgan fingerprint density at radius 2 is 1.94 bits per heavy atom. The van der Waals surface area contributed by atoms with Crippen LogP contribution in [0, 0.1) is 6.92 Å². The van der Waals surface area contributed by atoms with E-state index in [1.807, 2.05) is 48.7 Å². The van der Waals surface area contributed by atoms with Gasteiger partial charge in [0.25, 0.3) is 5.91 Å². The standard InChI is InChI=1S/C26H28N2O5S/c1-17-8-10-22(33-17)25(26(30)27-19-5-2-3-6-19)28(24(29)14-20-7-4-12-34-20)15-18-9-11-21-23(13-18)32-16-31-21/h4,7-13,19,25H,2-3,5-6,14-16H2,1H3,(H,27,30). The Morgan fingerprint density at radius 1 is 1.12 bits per heavy atom. The van der Waals surface area contributed by atoms with Gasteiger partial charge >= 0.3 is 0 Å². The van der Waals surface area contributed by atoms with Crippen molar-refractivity contribution in [2.75, 3.05) is 6.79 Å². The van der Waals surface area contributed by atoms with Crippen molar-refractivity contribution in [2.24, 2.45) is 0 Å². The number of carbonyl (C=O) groups is 2. The van der Waals surface area contributed by atoms with E-state index in [4.69, 9.17) is 13.9 Å². The summed E-state index contributed by atoms with van der Waals surface area (Å²) < 4.78 is 16.9. The normalized spacial score (nSPS) is 15.9. The van der Waals surface area contributed by atoms with Gasteiger partial charge in [-0.2, -0.15) is 0 Å². The highest BCUT2D eigenvalue weighted by molar-refractivity contribution is 7.10. The maximum Gasteiger partial charge on any atom is 0.250 e. The SMILES string of the molecule is Cc1ccc(C(C(=O)NC2CCCC2)N(Cc2ccc3c(c2)OCO3)C(=O)Cc2cccs2)o1. The summed E-state index contributed by atoms with van der Waals surface area (Å²) in [5, 5.41) is 5.12. The molecule has 1 aliphatic heterocycles. The second-order valence-corrected chi connectivity index (χ2v) is 9.84. The van der Waals surface area contributed by atoms with E-state index in [9.17, 15) is 9.59 Å². The van der Waals surface area contributed by atoms with Gasteiger partial charge in [0.1, 0.15) is 11.5 Å². The van der Waals surface area contributed by atoms with Gasteiger partial charge in [-0.15, -0.1) is 11.3 Å². The zero-order valence-electron chi connectivity index (χ0n) is 19.1. The molecule has 1 N–H and O–H groups in total. The van der Waals surface area contributed by atoms with Gasteiger partial charge in [0.15, 0.2) is 17.5 Å². The lowest BCUT2D eigenvalue weighted by Crippen LogP contribution is -2.46. The predicted molar refractivity (Wildman–Crippen MR) is 128 cm³/mol. The summed E-state index contributed by atoms with van der Waals surface area (Å²) in [6.45, 7) is 2.26. The largest absolute Gasteiger partial charge is 0.464 e. The van der Waals surface area contributed by atoms with Crippen molar-refractivity contribution in [3.63, 3.8) is 0 Å². The molecule has 2 amide bonds. The molecule has 3 aromatic rings. The molecular weight excluding hydrogens is 452 g/mol. The summed E-state index contributed by atoms with van der Waals surface area (Å²) in [6.07, 6.45) is 4.35. The highest BCUT2D eigenvalue weighted by Crippen LogP contribution is 2.34. The van der Waals surface area contributed by atoms with Crippen LogP contribution in [0.25, 0.3) is 0 Å². The molecule has 1 aromatic carbocycles. The molecule has 2 aromatic heterocycles. The van der Waals surface area contributed by atoms with Crippen LogP contribution in [0.2, 0.25) is 0 Å². The third-order valence-corrected chi connectivity index (χ3v) is 7.18. The fourth-order valence-electron chi connectivity index (χ4n) is 4.60. The lowest BCUT2D eigenvalue weighted by atomic mass is 10.1. The molecule has 8 heteroatoms. The average Bonchev–Trinajstić information content (AvgIpc) is 3.62. The Kier molecular flexibility index (Phi) is 6.58. The molecule has 0 bridgehead atoms. The van der Waals surface area contributed by atoms with Crippen LogP contribution < -0.4 is 14.8 Å². The second-order valence-electron chi connectivity index (χ2n) is 8.81. The molecule has 1 saturated carbocycles. The Hall–Kier alpha value is -3.26.